The van der Waals surface area contributed by atoms with E-state index in [1.165, 1.54) is 36.6 Å². The number of pyridine rings is 3. The van der Waals surface area contributed by atoms with E-state index in [2.05, 4.69) is 83.6 Å². The van der Waals surface area contributed by atoms with Crippen molar-refractivity contribution in [3.63, 3.8) is 0 Å². The Morgan fingerprint density at radius 3 is 1.87 bits per heavy atom. The first-order chi connectivity index (χ1) is 26.1. The summed E-state index contributed by atoms with van der Waals surface area (Å²) in [5.41, 5.74) is 4.05. The number of nitrogens with zero attached hydrogens (tertiary/aromatic N) is 9. The molecule has 10 nitrogen and oxygen atoms in total. The molecule has 20 heteroatoms. The first-order valence-corrected chi connectivity index (χ1v) is 22.2. The highest BCUT2D eigenvalue weighted by molar-refractivity contribution is 14.1. The second-order valence-corrected chi connectivity index (χ2v) is 18.3. The largest absolute Gasteiger partial charge is 0.352 e. The van der Waals surface area contributed by atoms with Gasteiger partial charge in [0, 0.05) is 105 Å². The van der Waals surface area contributed by atoms with Crippen molar-refractivity contribution in [2.24, 2.45) is 0 Å². The standard InChI is InChI=1S/C18H17ClN6S.C8H4Cl2N2S.C5H2Cl2IN.C3H2BrNS/c19-14-9-21-16(7-13(14)17-20-4-6-26-17)25-5-3-15-11(10-25)8-22-18(24-15)23-12-1-2-12;9-6-4-12-7(10)3-5(6)8-11-1-2-13-8;6-3-2-9-5(7)1-4(3)8;4-3-5-1-2-6-3/h4,6-9,12H,1-3,5,10H2,(H,22,23,24);1-4H;1-2H;1-2H. The van der Waals surface area contributed by atoms with Gasteiger partial charge in [-0.15, -0.1) is 34.0 Å². The molecule has 0 bridgehead atoms. The number of anilines is 2. The van der Waals surface area contributed by atoms with Crippen molar-refractivity contribution in [3.8, 4) is 21.1 Å². The van der Waals surface area contributed by atoms with Gasteiger partial charge in [-0.2, -0.15) is 0 Å². The van der Waals surface area contributed by atoms with Crippen LogP contribution in [0.2, 0.25) is 25.4 Å². The van der Waals surface area contributed by atoms with Gasteiger partial charge in [-0.1, -0.05) is 58.0 Å². The molecule has 0 aromatic carbocycles. The molecule has 0 radical (unpaired) electrons. The predicted octanol–water partition coefficient (Wildman–Crippen LogP) is 12.2. The van der Waals surface area contributed by atoms with E-state index in [-0.39, 0.29) is 0 Å². The summed E-state index contributed by atoms with van der Waals surface area (Å²) >= 11 is 39.2. The molecule has 1 N–H and O–H groups in total. The third kappa shape index (κ3) is 12.1. The molecule has 1 aliphatic carbocycles. The minimum Gasteiger partial charge on any atom is -0.352 e. The third-order valence-corrected chi connectivity index (χ3v) is 12.8. The van der Waals surface area contributed by atoms with Gasteiger partial charge in [0.15, 0.2) is 3.92 Å². The van der Waals surface area contributed by atoms with Crippen molar-refractivity contribution in [3.05, 3.63) is 122 Å². The lowest BCUT2D eigenvalue weighted by atomic mass is 10.1. The Morgan fingerprint density at radius 2 is 1.31 bits per heavy atom. The lowest BCUT2D eigenvalue weighted by molar-refractivity contribution is 0.697. The van der Waals surface area contributed by atoms with Gasteiger partial charge in [0.2, 0.25) is 5.95 Å². The van der Waals surface area contributed by atoms with Crippen LogP contribution in [0.4, 0.5) is 11.8 Å². The Bertz CT molecular complexity index is 2270. The number of rotatable bonds is 5. The van der Waals surface area contributed by atoms with Gasteiger partial charge < -0.3 is 10.2 Å². The van der Waals surface area contributed by atoms with E-state index in [4.69, 9.17) is 63.0 Å². The Hall–Kier alpha value is -2.32. The molecular formula is C34H25BrCl5IN10S3. The average molecular weight is 1050 g/mol. The summed E-state index contributed by atoms with van der Waals surface area (Å²) in [6.45, 7) is 1.63. The Morgan fingerprint density at radius 1 is 0.704 bits per heavy atom. The summed E-state index contributed by atoms with van der Waals surface area (Å²) in [4.78, 5) is 35.9. The maximum absolute atomic E-state index is 6.33. The van der Waals surface area contributed by atoms with Gasteiger partial charge in [0.25, 0.3) is 0 Å². The van der Waals surface area contributed by atoms with Gasteiger partial charge >= 0.3 is 0 Å². The van der Waals surface area contributed by atoms with Crippen molar-refractivity contribution in [1.29, 1.82) is 0 Å². The first-order valence-electron chi connectivity index (χ1n) is 15.8. The minimum absolute atomic E-state index is 0.426. The molecule has 0 spiro atoms. The molecule has 7 aromatic heterocycles. The zero-order valence-electron chi connectivity index (χ0n) is 27.5. The number of aromatic nitrogens is 8. The zero-order chi connectivity index (χ0) is 38.0. The number of halogens is 7. The van der Waals surface area contributed by atoms with Gasteiger partial charge in [-0.3, -0.25) is 0 Å². The van der Waals surface area contributed by atoms with Crippen LogP contribution in [0.15, 0.2) is 81.6 Å². The summed E-state index contributed by atoms with van der Waals surface area (Å²) in [5, 5.41) is 13.6. The molecule has 9 rings (SSSR count). The Labute approximate surface area is 370 Å². The highest BCUT2D eigenvalue weighted by Gasteiger charge is 2.24. The molecule has 8 heterocycles. The second kappa shape index (κ2) is 20.2. The van der Waals surface area contributed by atoms with Gasteiger partial charge in [-0.05, 0) is 69.6 Å². The fraction of sp³-hybridized carbons (Fsp3) is 0.176. The maximum Gasteiger partial charge on any atom is 0.223 e. The molecule has 2 aliphatic rings. The van der Waals surface area contributed by atoms with Gasteiger partial charge in [0.05, 0.1) is 20.8 Å². The molecule has 54 heavy (non-hydrogen) atoms. The summed E-state index contributed by atoms with van der Waals surface area (Å²) < 4.78 is 1.87. The third-order valence-electron chi connectivity index (χ3n) is 7.33. The van der Waals surface area contributed by atoms with Crippen LogP contribution in [-0.4, -0.2) is 52.5 Å². The number of fused-ring (bicyclic) bond motifs is 1. The van der Waals surface area contributed by atoms with E-state index in [9.17, 15) is 0 Å². The normalized spacial score (nSPS) is 13.0. The second-order valence-electron chi connectivity index (χ2n) is 11.1. The summed E-state index contributed by atoms with van der Waals surface area (Å²) in [7, 11) is 0. The van der Waals surface area contributed by atoms with E-state index in [1.807, 2.05) is 28.4 Å². The highest BCUT2D eigenvalue weighted by atomic mass is 127. The Balaban J connectivity index is 0.000000146. The number of nitrogens with one attached hydrogen (secondary N) is 1. The fourth-order valence-corrected chi connectivity index (χ4v) is 8.31. The van der Waals surface area contributed by atoms with Crippen LogP contribution in [0.5, 0.6) is 0 Å². The summed E-state index contributed by atoms with van der Waals surface area (Å²) in [6.07, 6.45) is 15.3. The van der Waals surface area contributed by atoms with Crippen LogP contribution >= 0.6 is 131 Å². The molecule has 1 fully saturated rings. The van der Waals surface area contributed by atoms with Gasteiger partial charge in [-0.25, -0.2) is 39.9 Å². The van der Waals surface area contributed by atoms with E-state index in [0.717, 1.165) is 71.2 Å². The van der Waals surface area contributed by atoms with Crippen molar-refractivity contribution in [2.45, 2.75) is 31.8 Å². The first kappa shape index (κ1) is 41.3. The molecule has 0 amide bonds. The number of hydrogen-bond acceptors (Lipinski definition) is 13. The van der Waals surface area contributed by atoms with E-state index in [0.29, 0.717) is 31.4 Å². The summed E-state index contributed by atoms with van der Waals surface area (Å²) in [5.74, 6) is 1.67. The number of hydrogen-bond donors (Lipinski definition) is 1. The van der Waals surface area contributed by atoms with Crippen LogP contribution in [0.1, 0.15) is 24.1 Å². The van der Waals surface area contributed by atoms with Crippen LogP contribution in [0, 0.1) is 3.57 Å². The average Bonchev–Trinajstić information content (AvgIpc) is 3.58. The van der Waals surface area contributed by atoms with Crippen LogP contribution in [0.25, 0.3) is 21.1 Å². The molecule has 0 unspecified atom stereocenters. The van der Waals surface area contributed by atoms with E-state index < -0.39 is 0 Å². The number of thiazole rings is 3. The van der Waals surface area contributed by atoms with E-state index >= 15 is 0 Å². The van der Waals surface area contributed by atoms with E-state index in [1.54, 1.807) is 59.6 Å². The molecule has 278 valence electrons. The summed E-state index contributed by atoms with van der Waals surface area (Å²) in [6, 6.07) is 6.01. The minimum atomic E-state index is 0.426. The smallest absolute Gasteiger partial charge is 0.223 e. The molecule has 0 saturated heterocycles. The van der Waals surface area contributed by atoms with Crippen LogP contribution in [0.3, 0.4) is 0 Å². The quantitative estimate of drug-likeness (QED) is 0.132. The topological polar surface area (TPSA) is 118 Å². The molecule has 1 aliphatic heterocycles. The van der Waals surface area contributed by atoms with Crippen molar-refractivity contribution >= 4 is 142 Å². The lowest BCUT2D eigenvalue weighted by Gasteiger charge is -2.29. The van der Waals surface area contributed by atoms with Crippen LogP contribution < -0.4 is 10.2 Å². The van der Waals surface area contributed by atoms with Crippen molar-refractivity contribution in [1.82, 2.24) is 39.9 Å². The van der Waals surface area contributed by atoms with Crippen molar-refractivity contribution < 1.29 is 0 Å². The highest BCUT2D eigenvalue weighted by Crippen LogP contribution is 2.34. The molecule has 1 saturated carbocycles. The van der Waals surface area contributed by atoms with Crippen LogP contribution in [-0.2, 0) is 13.0 Å². The molecule has 0 atom stereocenters. The molecule has 7 aromatic rings. The monoisotopic (exact) mass is 1050 g/mol. The van der Waals surface area contributed by atoms with Crippen molar-refractivity contribution in [2.75, 3.05) is 16.8 Å². The zero-order valence-corrected chi connectivity index (χ0v) is 37.5. The SMILES string of the molecule is Brc1nccs1.Clc1cc(-c2nccs2)c(Cl)cn1.Clc1cc(I)c(Cl)cn1.Clc1cnc(N2CCc3nc(NC4CC4)ncc3C2)cc1-c1nccs1. The lowest BCUT2D eigenvalue weighted by Crippen LogP contribution is -2.32. The Kier molecular flexibility index (Phi) is 15.5. The molecular weight excluding hydrogens is 1030 g/mol. The predicted molar refractivity (Wildman–Crippen MR) is 236 cm³/mol. The van der Waals surface area contributed by atoms with Gasteiger partial charge in [0.1, 0.15) is 26.1 Å². The fourth-order valence-electron chi connectivity index (χ4n) is 4.64. The maximum atomic E-state index is 6.33.